The molecule has 1 aliphatic heterocycles. The molecule has 2 aliphatic rings. The van der Waals surface area contributed by atoms with Gasteiger partial charge in [-0.3, -0.25) is 14.6 Å². The number of aromatic nitrogens is 1. The lowest BCUT2D eigenvalue weighted by molar-refractivity contribution is 0.00535. The second kappa shape index (κ2) is 8.66. The molecule has 1 saturated heterocycles. The molecule has 1 saturated carbocycles. The zero-order chi connectivity index (χ0) is 20.3. The van der Waals surface area contributed by atoms with Gasteiger partial charge in [0.1, 0.15) is 11.3 Å². The Morgan fingerprint density at radius 2 is 1.75 bits per heavy atom. The average molecular weight is 392 g/mol. The van der Waals surface area contributed by atoms with Crippen LogP contribution >= 0.6 is 0 Å². The van der Waals surface area contributed by atoms with Crippen molar-refractivity contribution in [2.75, 3.05) is 38.3 Å². The van der Waals surface area contributed by atoms with Crippen LogP contribution in [-0.4, -0.2) is 60.6 Å². The number of hydrogen-bond donors (Lipinski definition) is 0. The molecule has 1 amide bonds. The Bertz CT molecular complexity index is 726. The van der Waals surface area contributed by atoms with Crippen LogP contribution in [0.15, 0.2) is 23.1 Å². The molecule has 0 N–H and O–H groups in total. The van der Waals surface area contributed by atoms with Crippen molar-refractivity contribution in [2.45, 2.75) is 64.1 Å². The van der Waals surface area contributed by atoms with Gasteiger partial charge in [0, 0.05) is 38.4 Å². The first-order valence-electron chi connectivity index (χ1n) is 10.3. The predicted molar refractivity (Wildman–Crippen MR) is 109 cm³/mol. The zero-order valence-electron chi connectivity index (χ0n) is 17.5. The van der Waals surface area contributed by atoms with Crippen LogP contribution in [0.3, 0.4) is 0 Å². The van der Waals surface area contributed by atoms with Gasteiger partial charge >= 0.3 is 6.09 Å². The number of morpholine rings is 1. The molecule has 0 spiro atoms. The maximum atomic E-state index is 13.0. The van der Waals surface area contributed by atoms with E-state index in [-0.39, 0.29) is 11.6 Å². The van der Waals surface area contributed by atoms with Crippen LogP contribution in [0, 0.1) is 0 Å². The van der Waals surface area contributed by atoms with E-state index in [9.17, 15) is 9.59 Å². The van der Waals surface area contributed by atoms with Crippen LogP contribution in [0.4, 0.5) is 10.5 Å². The van der Waals surface area contributed by atoms with E-state index in [1.54, 1.807) is 17.7 Å². The highest BCUT2D eigenvalue weighted by Crippen LogP contribution is 2.31. The van der Waals surface area contributed by atoms with Gasteiger partial charge in [-0.1, -0.05) is 0 Å². The minimum absolute atomic E-state index is 0.134. The Kier molecular flexibility index (Phi) is 6.45. The normalized spacial score (nSPS) is 24.0. The molecule has 7 heteroatoms. The van der Waals surface area contributed by atoms with Crippen LogP contribution in [-0.2, 0) is 9.47 Å². The van der Waals surface area contributed by atoms with Crippen LogP contribution in [0.5, 0.6) is 0 Å². The molecule has 1 aromatic rings. The summed E-state index contributed by atoms with van der Waals surface area (Å²) in [6, 6.07) is 4.29. The van der Waals surface area contributed by atoms with E-state index in [0.717, 1.165) is 52.0 Å². The second-order valence-electron chi connectivity index (χ2n) is 8.76. The summed E-state index contributed by atoms with van der Waals surface area (Å²) in [7, 11) is 1.59. The lowest BCUT2D eigenvalue weighted by Crippen LogP contribution is -2.45. The molecule has 3 rings (SSSR count). The first-order chi connectivity index (χ1) is 13.3. The Morgan fingerprint density at radius 1 is 1.14 bits per heavy atom. The maximum Gasteiger partial charge on any atom is 0.414 e. The number of ether oxygens (including phenoxy) is 2. The Morgan fingerprint density at radius 3 is 2.36 bits per heavy atom. The van der Waals surface area contributed by atoms with Crippen LogP contribution in [0.25, 0.3) is 0 Å². The van der Waals surface area contributed by atoms with E-state index < -0.39 is 11.7 Å². The fraction of sp³-hybridized carbons (Fsp3) is 0.714. The summed E-state index contributed by atoms with van der Waals surface area (Å²) in [6.45, 7) is 9.09. The SMILES string of the molecule is CN(C(=O)OC(C)(C)C)c1cccn([C@H]2CC[C@@H](N3CCOCC3)CC2)c1=O. The van der Waals surface area contributed by atoms with Gasteiger partial charge in [0.25, 0.3) is 5.56 Å². The van der Waals surface area contributed by atoms with Gasteiger partial charge in [0.2, 0.25) is 0 Å². The van der Waals surface area contributed by atoms with E-state index in [2.05, 4.69) is 4.90 Å². The zero-order valence-corrected chi connectivity index (χ0v) is 17.5. The third-order valence-corrected chi connectivity index (χ3v) is 5.60. The van der Waals surface area contributed by atoms with E-state index in [0.29, 0.717) is 11.7 Å². The molecule has 1 aromatic heterocycles. The molecular formula is C21H33N3O4. The number of carbonyl (C=O) groups is 1. The van der Waals surface area contributed by atoms with Gasteiger partial charge in [-0.2, -0.15) is 0 Å². The number of hydrogen-bond acceptors (Lipinski definition) is 5. The quantitative estimate of drug-likeness (QED) is 0.792. The highest BCUT2D eigenvalue weighted by Gasteiger charge is 2.29. The van der Waals surface area contributed by atoms with Crippen LogP contribution in [0.2, 0.25) is 0 Å². The number of anilines is 1. The fourth-order valence-electron chi connectivity index (χ4n) is 4.11. The molecule has 0 bridgehead atoms. The van der Waals surface area contributed by atoms with Crippen molar-refractivity contribution >= 4 is 11.8 Å². The lowest BCUT2D eigenvalue weighted by Gasteiger charge is -2.39. The highest BCUT2D eigenvalue weighted by atomic mass is 16.6. The maximum absolute atomic E-state index is 13.0. The van der Waals surface area contributed by atoms with Gasteiger partial charge in [0.15, 0.2) is 0 Å². The van der Waals surface area contributed by atoms with Gasteiger partial charge < -0.3 is 14.0 Å². The van der Waals surface area contributed by atoms with Crippen molar-refractivity contribution in [3.05, 3.63) is 28.7 Å². The van der Waals surface area contributed by atoms with Crippen molar-refractivity contribution in [1.29, 1.82) is 0 Å². The molecule has 7 nitrogen and oxygen atoms in total. The lowest BCUT2D eigenvalue weighted by atomic mass is 9.89. The number of carbonyl (C=O) groups excluding carboxylic acids is 1. The number of rotatable bonds is 3. The fourth-order valence-corrected chi connectivity index (χ4v) is 4.11. The first-order valence-corrected chi connectivity index (χ1v) is 10.3. The van der Waals surface area contributed by atoms with Gasteiger partial charge in [0.05, 0.1) is 13.2 Å². The minimum atomic E-state index is -0.600. The van der Waals surface area contributed by atoms with Crippen LogP contribution < -0.4 is 10.5 Å². The monoisotopic (exact) mass is 391 g/mol. The average Bonchev–Trinajstić information content (AvgIpc) is 2.67. The Labute approximate surface area is 167 Å². The van der Waals surface area contributed by atoms with Gasteiger partial charge in [-0.05, 0) is 58.6 Å². The second-order valence-corrected chi connectivity index (χ2v) is 8.76. The van der Waals surface area contributed by atoms with Crippen molar-refractivity contribution in [3.8, 4) is 0 Å². The third-order valence-electron chi connectivity index (χ3n) is 5.60. The van der Waals surface area contributed by atoms with E-state index >= 15 is 0 Å². The van der Waals surface area contributed by atoms with E-state index in [1.807, 2.05) is 33.0 Å². The Hall–Kier alpha value is -1.86. The molecule has 0 unspecified atom stereocenters. The topological polar surface area (TPSA) is 64.0 Å². The highest BCUT2D eigenvalue weighted by molar-refractivity contribution is 5.86. The molecule has 28 heavy (non-hydrogen) atoms. The van der Waals surface area contributed by atoms with Crippen LogP contribution in [0.1, 0.15) is 52.5 Å². The molecule has 2 fully saturated rings. The molecule has 2 heterocycles. The molecule has 0 atom stereocenters. The van der Waals surface area contributed by atoms with E-state index in [4.69, 9.17) is 9.47 Å². The molecule has 0 aromatic carbocycles. The minimum Gasteiger partial charge on any atom is -0.443 e. The first kappa shape index (κ1) is 20.9. The number of amides is 1. The molecule has 0 radical (unpaired) electrons. The molecule has 1 aliphatic carbocycles. The summed E-state index contributed by atoms with van der Waals surface area (Å²) in [5.74, 6) is 0. The third kappa shape index (κ3) is 4.94. The van der Waals surface area contributed by atoms with Crippen molar-refractivity contribution in [1.82, 2.24) is 9.47 Å². The molecular weight excluding hydrogens is 358 g/mol. The summed E-state index contributed by atoms with van der Waals surface area (Å²) >= 11 is 0. The summed E-state index contributed by atoms with van der Waals surface area (Å²) in [5.41, 5.74) is -0.380. The summed E-state index contributed by atoms with van der Waals surface area (Å²) < 4.78 is 12.6. The summed E-state index contributed by atoms with van der Waals surface area (Å²) in [4.78, 5) is 29.2. The summed E-state index contributed by atoms with van der Waals surface area (Å²) in [6.07, 6.45) is 5.45. The van der Waals surface area contributed by atoms with Gasteiger partial charge in [-0.25, -0.2) is 4.79 Å². The van der Waals surface area contributed by atoms with Crippen molar-refractivity contribution in [3.63, 3.8) is 0 Å². The largest absolute Gasteiger partial charge is 0.443 e. The van der Waals surface area contributed by atoms with Crippen molar-refractivity contribution < 1.29 is 14.3 Å². The molecule has 156 valence electrons. The number of nitrogens with zero attached hydrogens (tertiary/aromatic N) is 3. The van der Waals surface area contributed by atoms with E-state index in [1.165, 1.54) is 4.90 Å². The Balaban J connectivity index is 1.68. The van der Waals surface area contributed by atoms with Gasteiger partial charge in [-0.15, -0.1) is 0 Å². The summed E-state index contributed by atoms with van der Waals surface area (Å²) in [5, 5.41) is 0. The predicted octanol–water partition coefficient (Wildman–Crippen LogP) is 3.04. The van der Waals surface area contributed by atoms with Crippen molar-refractivity contribution in [2.24, 2.45) is 0 Å². The number of pyridine rings is 1. The smallest absolute Gasteiger partial charge is 0.414 e. The standard InChI is InChI=1S/C21H33N3O4/c1-21(2,3)28-20(26)22(4)18-6-5-11-24(19(18)25)17-9-7-16(8-10-17)23-12-14-27-15-13-23/h5-6,11,16-17H,7-10,12-15H2,1-4H3/t16-,17+.